The maximum atomic E-state index is 10.7. The molecule has 0 heterocycles. The maximum Gasteiger partial charge on any atom is 0.356 e. The SMILES string of the molecule is CCC[S+](CCC)C(C)C(=O)O.[Br-]. The summed E-state index contributed by atoms with van der Waals surface area (Å²) in [6, 6.07) is 0. The molecule has 2 nitrogen and oxygen atoms in total. The van der Waals surface area contributed by atoms with Crippen molar-refractivity contribution in [3.8, 4) is 0 Å². The Labute approximate surface area is 94.2 Å². The molecular weight excluding hydrogens is 252 g/mol. The average molecular weight is 271 g/mol. The van der Waals surface area contributed by atoms with Gasteiger partial charge in [-0.3, -0.25) is 0 Å². The minimum absolute atomic E-state index is 0. The van der Waals surface area contributed by atoms with Gasteiger partial charge < -0.3 is 22.1 Å². The van der Waals surface area contributed by atoms with Crippen LogP contribution in [-0.2, 0) is 15.7 Å². The van der Waals surface area contributed by atoms with E-state index in [0.717, 1.165) is 24.3 Å². The zero-order valence-corrected chi connectivity index (χ0v) is 10.9. The molecule has 0 amide bonds. The van der Waals surface area contributed by atoms with E-state index in [1.54, 1.807) is 0 Å². The third-order valence-corrected chi connectivity index (χ3v) is 4.85. The first-order valence-corrected chi connectivity index (χ1v) is 6.15. The molecule has 1 N–H and O–H groups in total. The molecule has 0 saturated heterocycles. The van der Waals surface area contributed by atoms with E-state index >= 15 is 0 Å². The molecule has 0 aliphatic heterocycles. The molecule has 0 aliphatic rings. The van der Waals surface area contributed by atoms with Crippen LogP contribution in [0.25, 0.3) is 0 Å². The fourth-order valence-electron chi connectivity index (χ4n) is 1.12. The van der Waals surface area contributed by atoms with Crippen LogP contribution in [-0.4, -0.2) is 27.8 Å². The van der Waals surface area contributed by atoms with Crippen molar-refractivity contribution in [2.45, 2.75) is 38.9 Å². The molecule has 0 aromatic heterocycles. The first-order valence-electron chi connectivity index (χ1n) is 4.52. The van der Waals surface area contributed by atoms with E-state index < -0.39 is 5.97 Å². The molecule has 0 aromatic rings. The minimum atomic E-state index is -0.639. The molecule has 1 unspecified atom stereocenters. The highest BCUT2D eigenvalue weighted by Gasteiger charge is 2.30. The van der Waals surface area contributed by atoms with Gasteiger partial charge in [0.1, 0.15) is 11.5 Å². The van der Waals surface area contributed by atoms with Crippen LogP contribution in [0.15, 0.2) is 0 Å². The van der Waals surface area contributed by atoms with Crippen LogP contribution in [0.3, 0.4) is 0 Å². The number of rotatable bonds is 6. The Hall–Kier alpha value is 0.300. The van der Waals surface area contributed by atoms with E-state index in [1.807, 2.05) is 6.92 Å². The number of aliphatic carboxylic acids is 1. The normalized spacial score (nSPS) is 12.3. The number of carboxylic acid groups (broad SMARTS) is 1. The number of halogens is 1. The molecule has 4 heteroatoms. The summed E-state index contributed by atoms with van der Waals surface area (Å²) >= 11 is 0. The van der Waals surface area contributed by atoms with Gasteiger partial charge in [-0.2, -0.15) is 0 Å². The van der Waals surface area contributed by atoms with Crippen LogP contribution < -0.4 is 17.0 Å². The molecule has 80 valence electrons. The monoisotopic (exact) mass is 270 g/mol. The third kappa shape index (κ3) is 6.38. The van der Waals surface area contributed by atoms with Crippen molar-refractivity contribution in [3.63, 3.8) is 0 Å². The Bertz CT molecular complexity index is 136. The number of carboxylic acids is 1. The Balaban J connectivity index is 0. The summed E-state index contributed by atoms with van der Waals surface area (Å²) in [5, 5.41) is 8.66. The van der Waals surface area contributed by atoms with E-state index in [4.69, 9.17) is 5.11 Å². The van der Waals surface area contributed by atoms with Crippen molar-refractivity contribution in [1.82, 2.24) is 0 Å². The van der Waals surface area contributed by atoms with Crippen LogP contribution in [0.4, 0.5) is 0 Å². The van der Waals surface area contributed by atoms with Crippen molar-refractivity contribution in [1.29, 1.82) is 0 Å². The van der Waals surface area contributed by atoms with E-state index in [2.05, 4.69) is 13.8 Å². The van der Waals surface area contributed by atoms with Gasteiger partial charge in [-0.05, 0) is 19.8 Å². The quantitative estimate of drug-likeness (QED) is 0.623. The summed E-state index contributed by atoms with van der Waals surface area (Å²) in [6.45, 7) is 6.06. The number of hydrogen-bond donors (Lipinski definition) is 1. The van der Waals surface area contributed by atoms with Gasteiger partial charge in [-0.1, -0.05) is 13.8 Å². The molecule has 0 aromatic carbocycles. The molecule has 0 fully saturated rings. The van der Waals surface area contributed by atoms with Crippen molar-refractivity contribution in [2.24, 2.45) is 0 Å². The lowest BCUT2D eigenvalue weighted by atomic mass is 10.5. The molecule has 0 radical (unpaired) electrons. The minimum Gasteiger partial charge on any atom is -1.00 e. The highest BCUT2D eigenvalue weighted by Crippen LogP contribution is 2.09. The zero-order valence-electron chi connectivity index (χ0n) is 8.55. The zero-order chi connectivity index (χ0) is 9.56. The summed E-state index contributed by atoms with van der Waals surface area (Å²) < 4.78 is 0. The van der Waals surface area contributed by atoms with Gasteiger partial charge in [0.25, 0.3) is 0 Å². The topological polar surface area (TPSA) is 37.3 Å². The lowest BCUT2D eigenvalue weighted by molar-refractivity contribution is -0.136. The summed E-state index contributed by atoms with van der Waals surface area (Å²) in [5.41, 5.74) is 0. The standard InChI is InChI=1S/C9H18O2S.BrH/c1-4-6-12(7-5-2)8(3)9(10)11;/h8H,4-7H2,1-3H3;1H. The largest absolute Gasteiger partial charge is 1.00 e. The summed E-state index contributed by atoms with van der Waals surface area (Å²) in [5.74, 6) is 1.50. The average Bonchev–Trinajstić information content (AvgIpc) is 2.03. The molecular formula is C9H19BrO2S. The lowest BCUT2D eigenvalue weighted by Crippen LogP contribution is -3.00. The van der Waals surface area contributed by atoms with Crippen molar-refractivity contribution >= 4 is 16.9 Å². The molecule has 1 atom stereocenters. The van der Waals surface area contributed by atoms with Crippen LogP contribution in [0.5, 0.6) is 0 Å². The fourth-order valence-corrected chi connectivity index (χ4v) is 3.37. The Morgan fingerprint density at radius 2 is 1.69 bits per heavy atom. The summed E-state index contributed by atoms with van der Waals surface area (Å²) in [6.07, 6.45) is 2.20. The number of hydrogen-bond acceptors (Lipinski definition) is 1. The summed E-state index contributed by atoms with van der Waals surface area (Å²) in [4.78, 5) is 10.7. The molecule has 0 aliphatic carbocycles. The van der Waals surface area contributed by atoms with Crippen LogP contribution in [0.1, 0.15) is 33.6 Å². The van der Waals surface area contributed by atoms with E-state index in [9.17, 15) is 4.79 Å². The lowest BCUT2D eigenvalue weighted by Gasteiger charge is -2.10. The molecule has 0 spiro atoms. The second kappa shape index (κ2) is 8.88. The Kier molecular flexibility index (Phi) is 10.8. The maximum absolute atomic E-state index is 10.7. The predicted molar refractivity (Wildman–Crippen MR) is 54.8 cm³/mol. The van der Waals surface area contributed by atoms with Crippen molar-refractivity contribution < 1.29 is 26.9 Å². The second-order valence-corrected chi connectivity index (χ2v) is 5.52. The van der Waals surface area contributed by atoms with Gasteiger partial charge in [-0.25, -0.2) is 4.79 Å². The second-order valence-electron chi connectivity index (χ2n) is 2.93. The van der Waals surface area contributed by atoms with Gasteiger partial charge in [0.05, 0.1) is 0 Å². The van der Waals surface area contributed by atoms with Gasteiger partial charge in [-0.15, -0.1) is 0 Å². The van der Waals surface area contributed by atoms with Crippen LogP contribution >= 0.6 is 0 Å². The van der Waals surface area contributed by atoms with Gasteiger partial charge >= 0.3 is 5.97 Å². The van der Waals surface area contributed by atoms with Crippen molar-refractivity contribution in [2.75, 3.05) is 11.5 Å². The molecule has 0 rings (SSSR count). The molecule has 0 bridgehead atoms. The van der Waals surface area contributed by atoms with E-state index in [1.165, 1.54) is 0 Å². The Morgan fingerprint density at radius 1 is 1.31 bits per heavy atom. The van der Waals surface area contributed by atoms with Gasteiger partial charge in [0.2, 0.25) is 5.25 Å². The fraction of sp³-hybridized carbons (Fsp3) is 0.889. The first kappa shape index (κ1) is 15.8. The van der Waals surface area contributed by atoms with Crippen LogP contribution in [0.2, 0.25) is 0 Å². The molecule has 13 heavy (non-hydrogen) atoms. The van der Waals surface area contributed by atoms with Gasteiger partial charge in [0.15, 0.2) is 0 Å². The third-order valence-electron chi connectivity index (χ3n) is 1.78. The van der Waals surface area contributed by atoms with E-state index in [0.29, 0.717) is 0 Å². The summed E-state index contributed by atoms with van der Waals surface area (Å²) in [7, 11) is 0.101. The highest BCUT2D eigenvalue weighted by molar-refractivity contribution is 7.98. The predicted octanol–water partition coefficient (Wildman–Crippen LogP) is -1.10. The van der Waals surface area contributed by atoms with E-state index in [-0.39, 0.29) is 33.1 Å². The highest BCUT2D eigenvalue weighted by atomic mass is 79.9. The molecule has 0 saturated carbocycles. The number of carbonyl (C=O) groups is 1. The van der Waals surface area contributed by atoms with Crippen molar-refractivity contribution in [3.05, 3.63) is 0 Å². The Morgan fingerprint density at radius 3 is 1.92 bits per heavy atom. The van der Waals surface area contributed by atoms with Crippen LogP contribution in [0, 0.1) is 0 Å². The smallest absolute Gasteiger partial charge is 0.356 e. The van der Waals surface area contributed by atoms with Gasteiger partial charge in [0, 0.05) is 10.9 Å². The first-order chi connectivity index (χ1) is 5.63.